The molecular weight excluding hydrogens is 418 g/mol. The number of likely N-dealkylation sites (N-methyl/N-ethyl adjacent to an activating group) is 1. The number of carbonyl (C=O) groups is 2. The van der Waals surface area contributed by atoms with E-state index in [1.165, 1.54) is 10.5 Å². The number of anilines is 1. The topological polar surface area (TPSA) is 108 Å². The first-order valence-corrected chi connectivity index (χ1v) is 10.4. The van der Waals surface area contributed by atoms with Gasteiger partial charge in [0.2, 0.25) is 5.82 Å². The molecule has 0 bridgehead atoms. The van der Waals surface area contributed by atoms with E-state index in [1.54, 1.807) is 31.4 Å². The van der Waals surface area contributed by atoms with Gasteiger partial charge in [0.15, 0.2) is 0 Å². The zero-order valence-corrected chi connectivity index (χ0v) is 18.8. The molecule has 0 unspecified atom stereocenters. The van der Waals surface area contributed by atoms with Crippen LogP contribution < -0.4 is 15.0 Å². The summed E-state index contributed by atoms with van der Waals surface area (Å²) in [4.78, 5) is 36.0. The predicted molar refractivity (Wildman–Crippen MR) is 123 cm³/mol. The number of amides is 2. The molecule has 2 aromatic carbocycles. The summed E-state index contributed by atoms with van der Waals surface area (Å²) in [6.45, 7) is 5.87. The Bertz CT molecular complexity index is 1310. The fourth-order valence-corrected chi connectivity index (χ4v) is 3.63. The van der Waals surface area contributed by atoms with Crippen LogP contribution in [0.25, 0.3) is 11.3 Å². The molecule has 0 saturated heterocycles. The van der Waals surface area contributed by atoms with Crippen molar-refractivity contribution < 1.29 is 14.3 Å². The molecule has 166 valence electrons. The summed E-state index contributed by atoms with van der Waals surface area (Å²) in [5.41, 5.74) is 5.64. The van der Waals surface area contributed by atoms with Crippen molar-refractivity contribution >= 4 is 17.5 Å². The highest BCUT2D eigenvalue weighted by molar-refractivity contribution is 6.02. The lowest BCUT2D eigenvalue weighted by atomic mass is 10.0. The average Bonchev–Trinajstić information content (AvgIpc) is 2.93. The van der Waals surface area contributed by atoms with Crippen molar-refractivity contribution in [3.05, 3.63) is 70.7 Å². The van der Waals surface area contributed by atoms with E-state index < -0.39 is 11.9 Å². The SMILES string of the molecule is Cc1ccc(-c2nc(C(=O)N[C@H]3COc4cc(C#N)ccc4N(C)C3=O)ncc2C)cc1C. The van der Waals surface area contributed by atoms with Gasteiger partial charge in [-0.1, -0.05) is 12.1 Å². The van der Waals surface area contributed by atoms with Crippen LogP contribution in [0.2, 0.25) is 0 Å². The number of ether oxygens (including phenoxy) is 1. The molecule has 1 aromatic heterocycles. The number of benzene rings is 2. The van der Waals surface area contributed by atoms with E-state index in [2.05, 4.69) is 15.3 Å². The molecule has 1 aliphatic heterocycles. The molecule has 0 saturated carbocycles. The van der Waals surface area contributed by atoms with E-state index in [-0.39, 0.29) is 18.3 Å². The highest BCUT2D eigenvalue weighted by Gasteiger charge is 2.31. The maximum atomic E-state index is 13.0. The third kappa shape index (κ3) is 4.26. The lowest BCUT2D eigenvalue weighted by molar-refractivity contribution is -0.120. The summed E-state index contributed by atoms with van der Waals surface area (Å²) in [6, 6.07) is 11.9. The number of hydrogen-bond donors (Lipinski definition) is 1. The Morgan fingerprint density at radius 1 is 1.15 bits per heavy atom. The number of rotatable bonds is 3. The fraction of sp³-hybridized carbons (Fsp3) is 0.240. The largest absolute Gasteiger partial charge is 0.489 e. The van der Waals surface area contributed by atoms with Gasteiger partial charge in [0.25, 0.3) is 11.8 Å². The predicted octanol–water partition coefficient (Wildman–Crippen LogP) is 3.09. The number of hydrogen-bond acceptors (Lipinski definition) is 6. The Balaban J connectivity index is 1.58. The maximum absolute atomic E-state index is 13.0. The lowest BCUT2D eigenvalue weighted by Gasteiger charge is -2.20. The summed E-state index contributed by atoms with van der Waals surface area (Å²) < 4.78 is 5.75. The first-order chi connectivity index (χ1) is 15.8. The zero-order chi connectivity index (χ0) is 23.7. The molecule has 8 nitrogen and oxygen atoms in total. The van der Waals surface area contributed by atoms with E-state index in [0.717, 1.165) is 16.7 Å². The number of fused-ring (bicyclic) bond motifs is 1. The van der Waals surface area contributed by atoms with Crippen LogP contribution in [0.5, 0.6) is 5.75 Å². The summed E-state index contributed by atoms with van der Waals surface area (Å²) in [5, 5.41) is 11.8. The number of nitriles is 1. The molecule has 3 aromatic rings. The van der Waals surface area contributed by atoms with Gasteiger partial charge in [0, 0.05) is 24.9 Å². The van der Waals surface area contributed by atoms with Crippen LogP contribution in [0, 0.1) is 32.1 Å². The number of carbonyl (C=O) groups excluding carboxylic acids is 2. The normalized spacial score (nSPS) is 15.2. The van der Waals surface area contributed by atoms with Gasteiger partial charge in [-0.15, -0.1) is 0 Å². The van der Waals surface area contributed by atoms with E-state index in [0.29, 0.717) is 22.7 Å². The van der Waals surface area contributed by atoms with Gasteiger partial charge < -0.3 is 15.0 Å². The molecule has 1 atom stereocenters. The number of aromatic nitrogens is 2. The van der Waals surface area contributed by atoms with Crippen molar-refractivity contribution in [1.29, 1.82) is 5.26 Å². The molecular formula is C25H23N5O3. The Labute approximate surface area is 191 Å². The van der Waals surface area contributed by atoms with Gasteiger partial charge in [-0.2, -0.15) is 5.26 Å². The number of nitrogens with one attached hydrogen (secondary N) is 1. The Hall–Kier alpha value is -4.25. The molecule has 8 heteroatoms. The Morgan fingerprint density at radius 2 is 1.94 bits per heavy atom. The molecule has 1 N–H and O–H groups in total. The first kappa shape index (κ1) is 22.0. The van der Waals surface area contributed by atoms with Crippen LogP contribution in [-0.2, 0) is 4.79 Å². The second kappa shape index (κ2) is 8.71. The quantitative estimate of drug-likeness (QED) is 0.669. The van der Waals surface area contributed by atoms with Crippen LogP contribution >= 0.6 is 0 Å². The summed E-state index contributed by atoms with van der Waals surface area (Å²) in [7, 11) is 1.60. The van der Waals surface area contributed by atoms with Gasteiger partial charge in [0.1, 0.15) is 18.4 Å². The van der Waals surface area contributed by atoms with Crippen LogP contribution in [0.1, 0.15) is 32.9 Å². The average molecular weight is 441 g/mol. The van der Waals surface area contributed by atoms with E-state index >= 15 is 0 Å². The minimum absolute atomic E-state index is 0.0298. The van der Waals surface area contributed by atoms with Crippen LogP contribution in [0.15, 0.2) is 42.6 Å². The number of nitrogens with zero attached hydrogens (tertiary/aromatic N) is 4. The smallest absolute Gasteiger partial charge is 0.289 e. The monoisotopic (exact) mass is 441 g/mol. The maximum Gasteiger partial charge on any atom is 0.289 e. The molecule has 1 aliphatic rings. The standard InChI is InChI=1S/C25H23N5O3/c1-14-5-7-18(9-15(14)2)22-16(3)12-27-23(29-22)24(31)28-19-13-33-21-10-17(11-26)6-8-20(21)30(4)25(19)32/h5-10,12,19H,13H2,1-4H3,(H,28,31)/t19-/m0/s1. The van der Waals surface area contributed by atoms with Crippen LogP contribution in [-0.4, -0.2) is 41.5 Å². The van der Waals surface area contributed by atoms with Gasteiger partial charge >= 0.3 is 0 Å². The van der Waals surface area contributed by atoms with Gasteiger partial charge in [-0.05, 0) is 55.7 Å². The third-order valence-electron chi connectivity index (χ3n) is 5.74. The van der Waals surface area contributed by atoms with Crippen molar-refractivity contribution in [1.82, 2.24) is 15.3 Å². The van der Waals surface area contributed by atoms with Crippen molar-refractivity contribution in [2.45, 2.75) is 26.8 Å². The number of aryl methyl sites for hydroxylation is 3. The molecule has 0 spiro atoms. The lowest BCUT2D eigenvalue weighted by Crippen LogP contribution is -2.49. The Morgan fingerprint density at radius 3 is 2.67 bits per heavy atom. The van der Waals surface area contributed by atoms with Crippen molar-refractivity contribution in [2.75, 3.05) is 18.6 Å². The fourth-order valence-electron chi connectivity index (χ4n) is 3.63. The van der Waals surface area contributed by atoms with Gasteiger partial charge in [-0.25, -0.2) is 9.97 Å². The van der Waals surface area contributed by atoms with Gasteiger partial charge in [-0.3, -0.25) is 9.59 Å². The summed E-state index contributed by atoms with van der Waals surface area (Å²) >= 11 is 0. The molecule has 33 heavy (non-hydrogen) atoms. The second-order valence-corrected chi connectivity index (χ2v) is 8.05. The minimum atomic E-state index is -0.935. The van der Waals surface area contributed by atoms with Crippen LogP contribution in [0.4, 0.5) is 5.69 Å². The molecule has 4 rings (SSSR count). The van der Waals surface area contributed by atoms with Crippen molar-refractivity contribution in [2.24, 2.45) is 0 Å². The van der Waals surface area contributed by atoms with Crippen molar-refractivity contribution in [3.63, 3.8) is 0 Å². The summed E-state index contributed by atoms with van der Waals surface area (Å²) in [6.07, 6.45) is 1.60. The zero-order valence-electron chi connectivity index (χ0n) is 18.8. The van der Waals surface area contributed by atoms with Gasteiger partial charge in [0.05, 0.1) is 23.0 Å². The van der Waals surface area contributed by atoms with E-state index in [1.807, 2.05) is 45.0 Å². The molecule has 2 heterocycles. The first-order valence-electron chi connectivity index (χ1n) is 10.4. The van der Waals surface area contributed by atoms with E-state index in [4.69, 9.17) is 10.00 Å². The molecule has 0 aliphatic carbocycles. The van der Waals surface area contributed by atoms with Crippen molar-refractivity contribution in [3.8, 4) is 23.1 Å². The second-order valence-electron chi connectivity index (χ2n) is 8.05. The third-order valence-corrected chi connectivity index (χ3v) is 5.74. The summed E-state index contributed by atoms with van der Waals surface area (Å²) in [5.74, 6) is -0.532. The molecule has 2 amide bonds. The Kier molecular flexibility index (Phi) is 5.80. The molecule has 0 fully saturated rings. The van der Waals surface area contributed by atoms with Crippen LogP contribution in [0.3, 0.4) is 0 Å². The van der Waals surface area contributed by atoms with E-state index in [9.17, 15) is 9.59 Å². The highest BCUT2D eigenvalue weighted by Crippen LogP contribution is 2.31. The molecule has 0 radical (unpaired) electrons. The highest BCUT2D eigenvalue weighted by atomic mass is 16.5. The minimum Gasteiger partial charge on any atom is -0.489 e.